The second-order valence-corrected chi connectivity index (χ2v) is 14.6. The fraction of sp³-hybridized carbons (Fsp3) is 0.290. The Morgan fingerprint density at radius 2 is 1.54 bits per heavy atom. The average Bonchev–Trinajstić information content (AvgIpc) is 3.34. The molecule has 37 heavy (non-hydrogen) atoms. The maximum atomic E-state index is 12.1. The molecular weight excluding hydrogens is 476 g/mol. The van der Waals surface area contributed by atoms with Crippen molar-refractivity contribution in [2.75, 3.05) is 18.1 Å². The van der Waals surface area contributed by atoms with Crippen LogP contribution in [0.3, 0.4) is 0 Å². The van der Waals surface area contributed by atoms with E-state index in [2.05, 4.69) is 75.4 Å². The van der Waals surface area contributed by atoms with Gasteiger partial charge in [-0.3, -0.25) is 0 Å². The molecular formula is C31H34N2O3Si. The molecule has 1 unspecified atom stereocenters. The van der Waals surface area contributed by atoms with Gasteiger partial charge in [-0.1, -0.05) is 87.5 Å². The molecule has 3 aromatic carbocycles. The van der Waals surface area contributed by atoms with E-state index in [0.29, 0.717) is 18.6 Å². The lowest BCUT2D eigenvalue weighted by Gasteiger charge is -2.45. The third kappa shape index (κ3) is 4.98. The van der Waals surface area contributed by atoms with Crippen LogP contribution in [-0.4, -0.2) is 33.0 Å². The summed E-state index contributed by atoms with van der Waals surface area (Å²) >= 11 is 0. The first-order chi connectivity index (χ1) is 17.8. The van der Waals surface area contributed by atoms with Crippen LogP contribution in [0.2, 0.25) is 5.04 Å². The topological polar surface area (TPSA) is 62.6 Å². The number of carbonyl (C=O) groups excluding carboxylic acids is 1. The zero-order chi connectivity index (χ0) is 26.5. The normalized spacial score (nSPS) is 17.4. The molecule has 0 saturated carbocycles. The first kappa shape index (κ1) is 26.4. The molecule has 1 heterocycles. The Labute approximate surface area is 221 Å². The highest BCUT2D eigenvalue weighted by Gasteiger charge is 2.52. The molecule has 0 aliphatic carbocycles. The monoisotopic (exact) mass is 510 g/mol. The number of hydrogen-bond donors (Lipinski definition) is 0. The van der Waals surface area contributed by atoms with E-state index in [1.165, 1.54) is 10.4 Å². The van der Waals surface area contributed by atoms with Crippen LogP contribution in [-0.2, 0) is 9.16 Å². The van der Waals surface area contributed by atoms with Crippen molar-refractivity contribution in [3.05, 3.63) is 103 Å². The number of anilines is 1. The molecule has 3 aromatic rings. The Morgan fingerprint density at radius 1 is 0.973 bits per heavy atom. The van der Waals surface area contributed by atoms with E-state index in [4.69, 9.17) is 9.16 Å². The Morgan fingerprint density at radius 3 is 2.03 bits per heavy atom. The third-order valence-electron chi connectivity index (χ3n) is 6.98. The summed E-state index contributed by atoms with van der Waals surface area (Å²) in [5, 5.41) is 12.7. The van der Waals surface area contributed by atoms with Crippen LogP contribution in [0.15, 0.2) is 97.2 Å². The molecule has 0 bridgehead atoms. The van der Waals surface area contributed by atoms with E-state index in [1.807, 2.05) is 41.4 Å². The standard InChI is InChI=1S/C31H34N2O3Si/c1-5-35-29(34)25-17-19-26(20-18-25)33-22-12-21-31(33,23-32)24-36-37(30(2,3)4,27-13-8-6-9-14-27)28-15-10-7-11-16-28/h6-20,22H,5,21,24H2,1-4H3. The van der Waals surface area contributed by atoms with Crippen molar-refractivity contribution in [3.63, 3.8) is 0 Å². The van der Waals surface area contributed by atoms with Gasteiger partial charge in [-0.15, -0.1) is 0 Å². The Hall–Kier alpha value is -3.66. The number of benzene rings is 3. The quantitative estimate of drug-likeness (QED) is 0.299. The van der Waals surface area contributed by atoms with Gasteiger partial charge in [0.15, 0.2) is 5.54 Å². The molecule has 1 aliphatic heterocycles. The van der Waals surface area contributed by atoms with Crippen LogP contribution in [0.5, 0.6) is 0 Å². The average molecular weight is 511 g/mol. The molecule has 4 rings (SSSR count). The number of esters is 1. The van der Waals surface area contributed by atoms with Crippen LogP contribution in [0, 0.1) is 11.3 Å². The number of nitrogens with zero attached hydrogens (tertiary/aromatic N) is 2. The van der Waals surface area contributed by atoms with Gasteiger partial charge in [0.05, 0.1) is 24.8 Å². The third-order valence-corrected chi connectivity index (χ3v) is 12.0. The lowest BCUT2D eigenvalue weighted by Crippen LogP contribution is -2.68. The molecule has 5 nitrogen and oxygen atoms in total. The molecule has 1 atom stereocenters. The van der Waals surface area contributed by atoms with Gasteiger partial charge in [0, 0.05) is 18.3 Å². The Bertz CT molecular complexity index is 1240. The summed E-state index contributed by atoms with van der Waals surface area (Å²) in [6.45, 7) is 9.05. The van der Waals surface area contributed by atoms with E-state index >= 15 is 0 Å². The highest BCUT2D eigenvalue weighted by molar-refractivity contribution is 6.99. The van der Waals surface area contributed by atoms with Gasteiger partial charge in [0.25, 0.3) is 8.32 Å². The van der Waals surface area contributed by atoms with Crippen LogP contribution < -0.4 is 15.3 Å². The fourth-order valence-corrected chi connectivity index (χ4v) is 9.76. The minimum absolute atomic E-state index is 0.190. The number of nitriles is 1. The predicted molar refractivity (Wildman–Crippen MR) is 151 cm³/mol. The van der Waals surface area contributed by atoms with Gasteiger partial charge in [-0.2, -0.15) is 5.26 Å². The van der Waals surface area contributed by atoms with Gasteiger partial charge in [-0.05, 0) is 46.6 Å². The SMILES string of the molecule is CCOC(=O)c1ccc(N2C=CCC2(C#N)CO[Si](c2ccccc2)(c2ccccc2)C(C)(C)C)cc1. The molecule has 0 saturated heterocycles. The molecule has 6 heteroatoms. The number of rotatable bonds is 8. The van der Waals surface area contributed by atoms with E-state index < -0.39 is 13.9 Å². The van der Waals surface area contributed by atoms with Crippen molar-refractivity contribution in [2.24, 2.45) is 0 Å². The molecule has 0 aromatic heterocycles. The van der Waals surface area contributed by atoms with E-state index in [-0.39, 0.29) is 17.6 Å². The van der Waals surface area contributed by atoms with E-state index in [1.54, 1.807) is 19.1 Å². The smallest absolute Gasteiger partial charge is 0.338 e. The van der Waals surface area contributed by atoms with Crippen molar-refractivity contribution < 1.29 is 14.0 Å². The van der Waals surface area contributed by atoms with Gasteiger partial charge in [-0.25, -0.2) is 4.79 Å². The molecule has 0 amide bonds. The zero-order valence-electron chi connectivity index (χ0n) is 22.0. The second-order valence-electron chi connectivity index (χ2n) is 10.3. The lowest BCUT2D eigenvalue weighted by atomic mass is 9.98. The van der Waals surface area contributed by atoms with E-state index in [0.717, 1.165) is 5.69 Å². The molecule has 0 radical (unpaired) electrons. The molecule has 190 valence electrons. The largest absolute Gasteiger partial charge is 0.462 e. The van der Waals surface area contributed by atoms with Gasteiger partial charge >= 0.3 is 5.97 Å². The van der Waals surface area contributed by atoms with Crippen molar-refractivity contribution in [2.45, 2.75) is 44.7 Å². The molecule has 1 aliphatic rings. The van der Waals surface area contributed by atoms with Crippen molar-refractivity contribution in [1.82, 2.24) is 0 Å². The van der Waals surface area contributed by atoms with Crippen molar-refractivity contribution in [3.8, 4) is 6.07 Å². The maximum Gasteiger partial charge on any atom is 0.338 e. The Balaban J connectivity index is 1.72. The van der Waals surface area contributed by atoms with E-state index in [9.17, 15) is 10.1 Å². The summed E-state index contributed by atoms with van der Waals surface area (Å²) in [5.41, 5.74) is 0.410. The summed E-state index contributed by atoms with van der Waals surface area (Å²) < 4.78 is 12.3. The highest BCUT2D eigenvalue weighted by Crippen LogP contribution is 2.39. The molecule has 0 N–H and O–H groups in total. The number of ether oxygens (including phenoxy) is 1. The summed E-state index contributed by atoms with van der Waals surface area (Å²) in [6, 6.07) is 30.7. The minimum atomic E-state index is -2.81. The first-order valence-corrected chi connectivity index (χ1v) is 14.6. The summed E-state index contributed by atoms with van der Waals surface area (Å²) in [7, 11) is -2.81. The predicted octanol–water partition coefficient (Wildman–Crippen LogP) is 5.43. The van der Waals surface area contributed by atoms with Crippen molar-refractivity contribution >= 4 is 30.3 Å². The summed E-state index contributed by atoms with van der Waals surface area (Å²) in [5.74, 6) is -0.354. The minimum Gasteiger partial charge on any atom is -0.462 e. The molecule has 0 spiro atoms. The second kappa shape index (κ2) is 10.8. The van der Waals surface area contributed by atoms with Crippen LogP contribution >= 0.6 is 0 Å². The van der Waals surface area contributed by atoms with Gasteiger partial charge < -0.3 is 14.1 Å². The van der Waals surface area contributed by atoms with Gasteiger partial charge in [0.1, 0.15) is 0 Å². The molecule has 0 fully saturated rings. The number of hydrogen-bond acceptors (Lipinski definition) is 5. The highest BCUT2D eigenvalue weighted by atomic mass is 28.4. The van der Waals surface area contributed by atoms with Crippen LogP contribution in [0.25, 0.3) is 0 Å². The lowest BCUT2D eigenvalue weighted by molar-refractivity contribution is 0.0526. The van der Waals surface area contributed by atoms with Crippen molar-refractivity contribution in [1.29, 1.82) is 5.26 Å². The number of carbonyl (C=O) groups is 1. The Kier molecular flexibility index (Phi) is 7.67. The summed E-state index contributed by atoms with van der Waals surface area (Å²) in [6.07, 6.45) is 4.50. The van der Waals surface area contributed by atoms with Gasteiger partial charge in [0.2, 0.25) is 0 Å². The maximum absolute atomic E-state index is 12.1. The fourth-order valence-electron chi connectivity index (χ4n) is 5.15. The van der Waals surface area contributed by atoms with Crippen LogP contribution in [0.1, 0.15) is 44.5 Å². The van der Waals surface area contributed by atoms with Crippen LogP contribution in [0.4, 0.5) is 5.69 Å². The first-order valence-electron chi connectivity index (χ1n) is 12.7. The zero-order valence-corrected chi connectivity index (χ0v) is 23.0. The summed E-state index contributed by atoms with van der Waals surface area (Å²) in [4.78, 5) is 14.1.